The molecule has 0 aromatic heterocycles. The third-order valence-electron chi connectivity index (χ3n) is 4.32. The van der Waals surface area contributed by atoms with Gasteiger partial charge in [0, 0.05) is 13.7 Å². The maximum Gasteiger partial charge on any atom is 0.200 e. The second-order valence-electron chi connectivity index (χ2n) is 6.88. The van der Waals surface area contributed by atoms with Crippen LogP contribution in [0.1, 0.15) is 41.5 Å². The lowest BCUT2D eigenvalue weighted by atomic mass is 10.5. The molecule has 0 N–H and O–H groups in total. The molecular weight excluding hydrogens is 256 g/mol. The van der Waals surface area contributed by atoms with E-state index in [1.165, 1.54) is 0 Å². The molecule has 0 aromatic rings. The smallest absolute Gasteiger partial charge is 0.200 e. The van der Waals surface area contributed by atoms with Gasteiger partial charge in [-0.3, -0.25) is 0 Å². The molecule has 0 atom stereocenters. The Morgan fingerprint density at radius 2 is 1.22 bits per heavy atom. The molecule has 18 heavy (non-hydrogen) atoms. The minimum Gasteiger partial charge on any atom is -0.420 e. The molecule has 0 unspecified atom stereocenters. The predicted molar refractivity (Wildman–Crippen MR) is 86.3 cm³/mol. The lowest BCUT2D eigenvalue weighted by molar-refractivity contribution is 0.286. The molecular formula is C14H34O2Si2. The molecule has 110 valence electrons. The van der Waals surface area contributed by atoms with E-state index >= 15 is 0 Å². The summed E-state index contributed by atoms with van der Waals surface area (Å²) in [5.41, 5.74) is 2.01. The van der Waals surface area contributed by atoms with Crippen molar-refractivity contribution in [3.05, 3.63) is 0 Å². The Morgan fingerprint density at radius 1 is 0.833 bits per heavy atom. The van der Waals surface area contributed by atoms with E-state index in [-0.39, 0.29) is 0 Å². The molecule has 0 aliphatic carbocycles. The maximum atomic E-state index is 6.55. The Labute approximate surface area is 117 Å². The summed E-state index contributed by atoms with van der Waals surface area (Å²) in [7, 11) is -1.32. The molecule has 0 fully saturated rings. The second kappa shape index (κ2) is 7.22. The molecule has 2 nitrogen and oxygen atoms in total. The lowest BCUT2D eigenvalue weighted by Gasteiger charge is -2.42. The van der Waals surface area contributed by atoms with Gasteiger partial charge in [-0.1, -0.05) is 41.5 Å². The van der Waals surface area contributed by atoms with Crippen molar-refractivity contribution in [2.45, 2.75) is 77.3 Å². The molecule has 0 bridgehead atoms. The Kier molecular flexibility index (Phi) is 7.36. The quantitative estimate of drug-likeness (QED) is 0.584. The third kappa shape index (κ3) is 4.47. The SMILES string of the molecule is CO[Si](C)(C)CCO[Si](C(C)C)(C(C)C)C(C)C. The Balaban J connectivity index is 4.72. The van der Waals surface area contributed by atoms with Gasteiger partial charge in [-0.2, -0.15) is 0 Å². The van der Waals surface area contributed by atoms with E-state index < -0.39 is 16.6 Å². The predicted octanol–water partition coefficient (Wildman–Crippen LogP) is 5.03. The normalized spacial score (nSPS) is 14.0. The van der Waals surface area contributed by atoms with Crippen molar-refractivity contribution in [2.24, 2.45) is 0 Å². The molecule has 0 saturated heterocycles. The van der Waals surface area contributed by atoms with E-state index in [9.17, 15) is 0 Å². The molecule has 0 saturated carbocycles. The zero-order valence-corrected chi connectivity index (χ0v) is 16.0. The van der Waals surface area contributed by atoms with Crippen molar-refractivity contribution in [3.8, 4) is 0 Å². The Hall–Kier alpha value is 0.354. The van der Waals surface area contributed by atoms with E-state index in [1.807, 2.05) is 7.11 Å². The van der Waals surface area contributed by atoms with Gasteiger partial charge in [-0.15, -0.1) is 0 Å². The van der Waals surface area contributed by atoms with Crippen molar-refractivity contribution >= 4 is 16.6 Å². The van der Waals surface area contributed by atoms with Crippen LogP contribution in [0.25, 0.3) is 0 Å². The van der Waals surface area contributed by atoms with Crippen LogP contribution in [-0.2, 0) is 8.85 Å². The molecule has 0 heterocycles. The summed E-state index contributed by atoms with van der Waals surface area (Å²) in [6, 6.07) is 1.10. The second-order valence-corrected chi connectivity index (χ2v) is 16.8. The summed E-state index contributed by atoms with van der Waals surface area (Å²) in [5, 5.41) is 0. The van der Waals surface area contributed by atoms with Crippen LogP contribution in [-0.4, -0.2) is 30.4 Å². The van der Waals surface area contributed by atoms with Gasteiger partial charge in [-0.25, -0.2) is 0 Å². The van der Waals surface area contributed by atoms with Crippen molar-refractivity contribution in [3.63, 3.8) is 0 Å². The summed E-state index contributed by atoms with van der Waals surface area (Å²) in [5.74, 6) is 0. The summed E-state index contributed by atoms with van der Waals surface area (Å²) in [6.07, 6.45) is 0. The molecule has 0 amide bonds. The van der Waals surface area contributed by atoms with Crippen molar-refractivity contribution in [2.75, 3.05) is 13.7 Å². The van der Waals surface area contributed by atoms with Crippen LogP contribution < -0.4 is 0 Å². The van der Waals surface area contributed by atoms with Crippen LogP contribution in [0.4, 0.5) is 0 Å². The number of hydrogen-bond acceptors (Lipinski definition) is 2. The number of hydrogen-bond donors (Lipinski definition) is 0. The first-order valence-electron chi connectivity index (χ1n) is 7.29. The lowest BCUT2D eigenvalue weighted by Crippen LogP contribution is -2.48. The Bertz CT molecular complexity index is 216. The molecule has 0 aromatic carbocycles. The average molecular weight is 291 g/mol. The van der Waals surface area contributed by atoms with E-state index in [0.29, 0.717) is 16.6 Å². The van der Waals surface area contributed by atoms with Gasteiger partial charge in [-0.05, 0) is 35.8 Å². The Morgan fingerprint density at radius 3 is 1.50 bits per heavy atom. The molecule has 0 aliphatic rings. The summed E-state index contributed by atoms with van der Waals surface area (Å²) in [4.78, 5) is 0. The molecule has 0 radical (unpaired) electrons. The van der Waals surface area contributed by atoms with Crippen LogP contribution >= 0.6 is 0 Å². The van der Waals surface area contributed by atoms with E-state index in [0.717, 1.165) is 12.7 Å². The molecule has 0 rings (SSSR count). The number of rotatable bonds is 8. The maximum absolute atomic E-state index is 6.55. The highest BCUT2D eigenvalue weighted by molar-refractivity contribution is 6.77. The molecule has 0 aliphatic heterocycles. The molecule has 4 heteroatoms. The van der Waals surface area contributed by atoms with Gasteiger partial charge in [0.2, 0.25) is 0 Å². The zero-order chi connectivity index (χ0) is 14.6. The van der Waals surface area contributed by atoms with Gasteiger partial charge in [0.15, 0.2) is 16.6 Å². The molecule has 0 spiro atoms. The van der Waals surface area contributed by atoms with Crippen LogP contribution in [0, 0.1) is 0 Å². The van der Waals surface area contributed by atoms with Gasteiger partial charge in [0.05, 0.1) is 0 Å². The first-order valence-corrected chi connectivity index (χ1v) is 12.5. The first-order chi connectivity index (χ1) is 8.10. The van der Waals surface area contributed by atoms with Crippen molar-refractivity contribution in [1.82, 2.24) is 0 Å². The highest BCUT2D eigenvalue weighted by atomic mass is 28.4. The zero-order valence-electron chi connectivity index (χ0n) is 14.0. The largest absolute Gasteiger partial charge is 0.420 e. The minimum absolute atomic E-state index is 0.671. The first kappa shape index (κ1) is 18.4. The summed E-state index contributed by atoms with van der Waals surface area (Å²) in [6.45, 7) is 19.4. The van der Waals surface area contributed by atoms with Gasteiger partial charge >= 0.3 is 0 Å². The van der Waals surface area contributed by atoms with Crippen LogP contribution in [0.5, 0.6) is 0 Å². The summed E-state index contributed by atoms with van der Waals surface area (Å²) >= 11 is 0. The van der Waals surface area contributed by atoms with Crippen LogP contribution in [0.15, 0.2) is 0 Å². The van der Waals surface area contributed by atoms with Crippen molar-refractivity contribution in [1.29, 1.82) is 0 Å². The third-order valence-corrected chi connectivity index (χ3v) is 12.9. The fourth-order valence-corrected chi connectivity index (χ4v) is 9.53. The highest BCUT2D eigenvalue weighted by Crippen LogP contribution is 2.42. The van der Waals surface area contributed by atoms with Gasteiger partial charge < -0.3 is 8.85 Å². The van der Waals surface area contributed by atoms with Crippen LogP contribution in [0.2, 0.25) is 35.8 Å². The fraction of sp³-hybridized carbons (Fsp3) is 1.00. The van der Waals surface area contributed by atoms with E-state index in [1.54, 1.807) is 0 Å². The van der Waals surface area contributed by atoms with Crippen molar-refractivity contribution < 1.29 is 8.85 Å². The van der Waals surface area contributed by atoms with Gasteiger partial charge in [0.1, 0.15) is 0 Å². The standard InChI is InChI=1S/C14H34O2Si2/c1-12(2)18(13(3)4,14(5)6)16-10-11-17(8,9)15-7/h12-14H,10-11H2,1-9H3. The van der Waals surface area contributed by atoms with E-state index in [2.05, 4.69) is 54.6 Å². The minimum atomic E-state index is -1.67. The monoisotopic (exact) mass is 290 g/mol. The van der Waals surface area contributed by atoms with E-state index in [4.69, 9.17) is 8.85 Å². The van der Waals surface area contributed by atoms with Gasteiger partial charge in [0.25, 0.3) is 0 Å². The summed E-state index contributed by atoms with van der Waals surface area (Å²) < 4.78 is 12.2. The topological polar surface area (TPSA) is 18.5 Å². The van der Waals surface area contributed by atoms with Crippen LogP contribution in [0.3, 0.4) is 0 Å². The average Bonchev–Trinajstić information content (AvgIpc) is 2.22. The fourth-order valence-electron chi connectivity index (χ4n) is 3.08. The highest BCUT2D eigenvalue weighted by Gasteiger charge is 2.45.